The smallest absolute Gasteiger partial charge is 0.128 e. The van der Waals surface area contributed by atoms with E-state index < -0.39 is 0 Å². The maximum Gasteiger partial charge on any atom is 0.128 e. The van der Waals surface area contributed by atoms with E-state index in [1.54, 1.807) is 29.9 Å². The van der Waals surface area contributed by atoms with Crippen molar-refractivity contribution in [3.8, 4) is 5.69 Å². The molecule has 0 radical (unpaired) electrons. The highest BCUT2D eigenvalue weighted by Gasteiger charge is 2.09. The molecule has 0 spiro atoms. The van der Waals surface area contributed by atoms with E-state index >= 15 is 0 Å². The summed E-state index contributed by atoms with van der Waals surface area (Å²) >= 11 is 0. The lowest BCUT2D eigenvalue weighted by Crippen LogP contribution is -2.08. The van der Waals surface area contributed by atoms with E-state index in [0.29, 0.717) is 17.8 Å². The third-order valence-corrected chi connectivity index (χ3v) is 2.30. The van der Waals surface area contributed by atoms with Gasteiger partial charge in [-0.1, -0.05) is 11.3 Å². The largest absolute Gasteiger partial charge is 0.325 e. The van der Waals surface area contributed by atoms with Crippen LogP contribution < -0.4 is 5.73 Å². The summed E-state index contributed by atoms with van der Waals surface area (Å²) in [6.07, 6.45) is 1.57. The van der Waals surface area contributed by atoms with Gasteiger partial charge in [-0.3, -0.25) is 0 Å². The molecule has 1 heterocycles. The van der Waals surface area contributed by atoms with Crippen LogP contribution in [0.15, 0.2) is 24.4 Å². The van der Waals surface area contributed by atoms with Crippen molar-refractivity contribution in [1.82, 2.24) is 15.0 Å². The average molecular weight is 206 g/mol. The Labute approximate surface area is 86.5 Å². The van der Waals surface area contributed by atoms with Crippen molar-refractivity contribution in [3.05, 3.63) is 41.5 Å². The lowest BCUT2D eigenvalue weighted by atomic mass is 10.2. The third-order valence-electron chi connectivity index (χ3n) is 2.30. The second-order valence-electron chi connectivity index (χ2n) is 3.23. The lowest BCUT2D eigenvalue weighted by molar-refractivity contribution is 0.613. The first kappa shape index (κ1) is 9.79. The van der Waals surface area contributed by atoms with E-state index in [9.17, 15) is 4.39 Å². The number of hydrogen-bond acceptors (Lipinski definition) is 3. The van der Waals surface area contributed by atoms with Crippen molar-refractivity contribution < 1.29 is 4.39 Å². The first-order valence-electron chi connectivity index (χ1n) is 4.59. The van der Waals surface area contributed by atoms with E-state index in [-0.39, 0.29) is 5.82 Å². The molecule has 1 aromatic heterocycles. The zero-order valence-corrected chi connectivity index (χ0v) is 8.31. The van der Waals surface area contributed by atoms with Crippen LogP contribution in [0.3, 0.4) is 0 Å². The molecular weight excluding hydrogens is 195 g/mol. The van der Waals surface area contributed by atoms with Crippen LogP contribution in [0, 0.1) is 12.7 Å². The van der Waals surface area contributed by atoms with Crippen molar-refractivity contribution in [2.75, 3.05) is 0 Å². The predicted octanol–water partition coefficient (Wildman–Crippen LogP) is 1.17. The second kappa shape index (κ2) is 3.78. The average Bonchev–Trinajstić information content (AvgIpc) is 2.70. The minimum Gasteiger partial charge on any atom is -0.325 e. The Bertz CT molecular complexity index is 478. The van der Waals surface area contributed by atoms with Crippen LogP contribution in [0.5, 0.6) is 0 Å². The van der Waals surface area contributed by atoms with Gasteiger partial charge in [0, 0.05) is 12.1 Å². The van der Waals surface area contributed by atoms with Crippen molar-refractivity contribution in [3.63, 3.8) is 0 Å². The highest BCUT2D eigenvalue weighted by Crippen LogP contribution is 2.17. The normalized spacial score (nSPS) is 10.6. The first-order chi connectivity index (χ1) is 7.24. The molecule has 0 aliphatic carbocycles. The quantitative estimate of drug-likeness (QED) is 0.802. The third kappa shape index (κ3) is 1.61. The van der Waals surface area contributed by atoms with Crippen LogP contribution in [0.25, 0.3) is 5.69 Å². The standard InChI is InChI=1S/C10H11FN4/c1-7-9(11)3-2-4-10(7)15-8(5-12)6-13-14-15/h2-4,6H,5,12H2,1H3. The number of benzene rings is 1. The number of nitrogens with zero attached hydrogens (tertiary/aromatic N) is 3. The number of nitrogens with two attached hydrogens (primary N) is 1. The molecule has 78 valence electrons. The van der Waals surface area contributed by atoms with Crippen molar-refractivity contribution in [2.24, 2.45) is 5.73 Å². The molecule has 2 rings (SSSR count). The van der Waals surface area contributed by atoms with Gasteiger partial charge in [0.2, 0.25) is 0 Å². The van der Waals surface area contributed by atoms with Crippen molar-refractivity contribution in [2.45, 2.75) is 13.5 Å². The summed E-state index contributed by atoms with van der Waals surface area (Å²) in [6.45, 7) is 2.02. The Kier molecular flexibility index (Phi) is 2.47. The highest BCUT2D eigenvalue weighted by molar-refractivity contribution is 5.40. The van der Waals surface area contributed by atoms with Crippen LogP contribution in [0.2, 0.25) is 0 Å². The second-order valence-corrected chi connectivity index (χ2v) is 3.23. The maximum atomic E-state index is 13.3. The Morgan fingerprint density at radius 3 is 3.00 bits per heavy atom. The van der Waals surface area contributed by atoms with Gasteiger partial charge in [-0.05, 0) is 19.1 Å². The molecule has 0 bridgehead atoms. The van der Waals surface area contributed by atoms with Gasteiger partial charge >= 0.3 is 0 Å². The maximum absolute atomic E-state index is 13.3. The predicted molar refractivity (Wildman–Crippen MR) is 53.9 cm³/mol. The zero-order chi connectivity index (χ0) is 10.8. The Morgan fingerprint density at radius 1 is 1.47 bits per heavy atom. The molecule has 0 saturated heterocycles. The summed E-state index contributed by atoms with van der Waals surface area (Å²) in [5.41, 5.74) is 7.49. The van der Waals surface area contributed by atoms with Gasteiger partial charge in [-0.25, -0.2) is 9.07 Å². The molecule has 2 N–H and O–H groups in total. The number of aromatic nitrogens is 3. The molecule has 0 fully saturated rings. The zero-order valence-electron chi connectivity index (χ0n) is 8.31. The van der Waals surface area contributed by atoms with E-state index in [1.807, 2.05) is 0 Å². The van der Waals surface area contributed by atoms with Crippen LogP contribution in [-0.2, 0) is 6.54 Å². The van der Waals surface area contributed by atoms with Gasteiger partial charge in [-0.15, -0.1) is 5.10 Å². The van der Waals surface area contributed by atoms with Gasteiger partial charge in [-0.2, -0.15) is 0 Å². The monoisotopic (exact) mass is 206 g/mol. The Hall–Kier alpha value is -1.75. The molecule has 4 nitrogen and oxygen atoms in total. The van der Waals surface area contributed by atoms with E-state index in [1.165, 1.54) is 6.07 Å². The van der Waals surface area contributed by atoms with E-state index in [4.69, 9.17) is 5.73 Å². The minimum absolute atomic E-state index is 0.258. The van der Waals surface area contributed by atoms with Crippen molar-refractivity contribution in [1.29, 1.82) is 0 Å². The van der Waals surface area contributed by atoms with Crippen LogP contribution in [0.1, 0.15) is 11.3 Å². The Balaban J connectivity index is 2.59. The van der Waals surface area contributed by atoms with Gasteiger partial charge < -0.3 is 5.73 Å². The number of rotatable bonds is 2. The molecule has 0 unspecified atom stereocenters. The van der Waals surface area contributed by atoms with Crippen LogP contribution >= 0.6 is 0 Å². The fourth-order valence-corrected chi connectivity index (χ4v) is 1.42. The molecule has 0 aliphatic heterocycles. The topological polar surface area (TPSA) is 56.7 Å². The summed E-state index contributed by atoms with van der Waals surface area (Å²) in [5.74, 6) is -0.258. The molecule has 1 aromatic carbocycles. The molecule has 0 aliphatic rings. The van der Waals surface area contributed by atoms with Gasteiger partial charge in [0.25, 0.3) is 0 Å². The molecule has 15 heavy (non-hydrogen) atoms. The summed E-state index contributed by atoms with van der Waals surface area (Å²) in [5, 5.41) is 7.63. The highest BCUT2D eigenvalue weighted by atomic mass is 19.1. The summed E-state index contributed by atoms with van der Waals surface area (Å²) in [4.78, 5) is 0. The molecule has 2 aromatic rings. The van der Waals surface area contributed by atoms with Gasteiger partial charge in [0.15, 0.2) is 0 Å². The molecular formula is C10H11FN4. The molecule has 5 heteroatoms. The SMILES string of the molecule is Cc1c(F)cccc1-n1nncc1CN. The number of hydrogen-bond donors (Lipinski definition) is 1. The van der Waals surface area contributed by atoms with E-state index in [0.717, 1.165) is 5.69 Å². The lowest BCUT2D eigenvalue weighted by Gasteiger charge is -2.08. The summed E-state index contributed by atoms with van der Waals surface area (Å²) in [7, 11) is 0. The fraction of sp³-hybridized carbons (Fsp3) is 0.200. The number of halogens is 1. The van der Waals surface area contributed by atoms with Crippen LogP contribution in [-0.4, -0.2) is 15.0 Å². The fourth-order valence-electron chi connectivity index (χ4n) is 1.42. The van der Waals surface area contributed by atoms with Gasteiger partial charge in [0.05, 0.1) is 17.6 Å². The summed E-state index contributed by atoms with van der Waals surface area (Å²) < 4.78 is 14.9. The molecule has 0 amide bonds. The first-order valence-corrected chi connectivity index (χ1v) is 4.59. The summed E-state index contributed by atoms with van der Waals surface area (Å²) in [6, 6.07) is 4.84. The molecule has 0 atom stereocenters. The minimum atomic E-state index is -0.258. The van der Waals surface area contributed by atoms with E-state index in [2.05, 4.69) is 10.3 Å². The molecule has 0 saturated carbocycles. The Morgan fingerprint density at radius 2 is 2.27 bits per heavy atom. The van der Waals surface area contributed by atoms with Crippen molar-refractivity contribution >= 4 is 0 Å². The van der Waals surface area contributed by atoms with Gasteiger partial charge in [0.1, 0.15) is 5.82 Å². The van der Waals surface area contributed by atoms with Crippen LogP contribution in [0.4, 0.5) is 4.39 Å².